The molecule has 0 amide bonds. The molecule has 7 heteroatoms. The molecule has 4 rings (SSSR count). The van der Waals surface area contributed by atoms with Crippen LogP contribution in [0.15, 0.2) is 70.2 Å². The molecule has 170 valence electrons. The van der Waals surface area contributed by atoms with Crippen molar-refractivity contribution in [2.24, 2.45) is 0 Å². The van der Waals surface area contributed by atoms with Crippen LogP contribution in [0, 0.1) is 20.8 Å². The highest BCUT2D eigenvalue weighted by Crippen LogP contribution is 2.26. The zero-order valence-electron chi connectivity index (χ0n) is 18.9. The van der Waals surface area contributed by atoms with E-state index in [1.54, 1.807) is 6.26 Å². The van der Waals surface area contributed by atoms with Crippen LogP contribution in [0.1, 0.15) is 28.5 Å². The standard InChI is InChI=1S/C25H31N3O3S/c1-19-16-20(2)25(21(3)17-19)32(29,30)26-18-23(24-10-7-15-31-24)28-13-11-27(12-14-28)22-8-5-4-6-9-22/h4-10,15-17,23,26H,11-14,18H2,1-3H3/t23-/m1/s1. The number of sulfonamides is 1. The molecule has 1 aliphatic rings. The molecule has 1 fully saturated rings. The highest BCUT2D eigenvalue weighted by Gasteiger charge is 2.29. The average molecular weight is 454 g/mol. The van der Waals surface area contributed by atoms with Gasteiger partial charge in [-0.1, -0.05) is 35.9 Å². The minimum atomic E-state index is -3.65. The first kappa shape index (κ1) is 22.6. The van der Waals surface area contributed by atoms with Gasteiger partial charge in [-0.3, -0.25) is 4.90 Å². The van der Waals surface area contributed by atoms with Gasteiger partial charge in [0.25, 0.3) is 0 Å². The zero-order chi connectivity index (χ0) is 22.7. The van der Waals surface area contributed by atoms with Crippen molar-refractivity contribution >= 4 is 15.7 Å². The lowest BCUT2D eigenvalue weighted by Crippen LogP contribution is -2.49. The molecule has 3 aromatic rings. The Balaban J connectivity index is 1.49. The fourth-order valence-electron chi connectivity index (χ4n) is 4.67. The third-order valence-electron chi connectivity index (χ3n) is 6.09. The molecule has 32 heavy (non-hydrogen) atoms. The van der Waals surface area contributed by atoms with Crippen LogP contribution < -0.4 is 9.62 Å². The number of nitrogens with one attached hydrogen (secondary N) is 1. The maximum absolute atomic E-state index is 13.2. The summed E-state index contributed by atoms with van der Waals surface area (Å²) in [5.74, 6) is 0.776. The highest BCUT2D eigenvalue weighted by atomic mass is 32.2. The van der Waals surface area contributed by atoms with Crippen LogP contribution in [-0.4, -0.2) is 46.0 Å². The van der Waals surface area contributed by atoms with Gasteiger partial charge in [-0.15, -0.1) is 0 Å². The van der Waals surface area contributed by atoms with Crippen molar-refractivity contribution in [3.8, 4) is 0 Å². The summed E-state index contributed by atoms with van der Waals surface area (Å²) >= 11 is 0. The topological polar surface area (TPSA) is 65.8 Å². The first-order chi connectivity index (χ1) is 15.3. The first-order valence-corrected chi connectivity index (χ1v) is 12.5. The Morgan fingerprint density at radius 1 is 0.938 bits per heavy atom. The Labute approximate surface area is 190 Å². The fraction of sp³-hybridized carbons (Fsp3) is 0.360. The van der Waals surface area contributed by atoms with Crippen molar-refractivity contribution in [2.75, 3.05) is 37.6 Å². The lowest BCUT2D eigenvalue weighted by atomic mass is 10.1. The predicted molar refractivity (Wildman–Crippen MR) is 128 cm³/mol. The second-order valence-electron chi connectivity index (χ2n) is 8.47. The summed E-state index contributed by atoms with van der Waals surface area (Å²) < 4.78 is 35.0. The van der Waals surface area contributed by atoms with E-state index >= 15 is 0 Å². The summed E-state index contributed by atoms with van der Waals surface area (Å²) in [5, 5.41) is 0. The molecule has 1 saturated heterocycles. The van der Waals surface area contributed by atoms with E-state index in [4.69, 9.17) is 4.42 Å². The van der Waals surface area contributed by atoms with Crippen LogP contribution in [0.4, 0.5) is 5.69 Å². The molecule has 0 bridgehead atoms. The normalized spacial score (nSPS) is 16.3. The number of para-hydroxylation sites is 1. The van der Waals surface area contributed by atoms with Gasteiger partial charge in [-0.25, -0.2) is 13.1 Å². The number of nitrogens with zero attached hydrogens (tertiary/aromatic N) is 2. The van der Waals surface area contributed by atoms with Crippen molar-refractivity contribution in [2.45, 2.75) is 31.7 Å². The molecule has 1 aliphatic heterocycles. The number of piperazine rings is 1. The Hall–Kier alpha value is -2.61. The fourth-order valence-corrected chi connectivity index (χ4v) is 6.16. The Bertz CT molecular complexity index is 1110. The van der Waals surface area contributed by atoms with E-state index in [1.807, 2.05) is 51.1 Å². The molecule has 2 aromatic carbocycles. The molecule has 0 radical (unpaired) electrons. The van der Waals surface area contributed by atoms with Gasteiger partial charge in [0.1, 0.15) is 5.76 Å². The van der Waals surface area contributed by atoms with E-state index < -0.39 is 10.0 Å². The molecular formula is C25H31N3O3S. The SMILES string of the molecule is Cc1cc(C)c(S(=O)(=O)NC[C@H](c2ccco2)N2CCN(c3ccccc3)CC2)c(C)c1. The number of furan rings is 1. The minimum Gasteiger partial charge on any atom is -0.468 e. The number of rotatable bonds is 7. The minimum absolute atomic E-state index is 0.163. The molecule has 0 spiro atoms. The number of aryl methyl sites for hydroxylation is 3. The first-order valence-electron chi connectivity index (χ1n) is 11.0. The molecule has 0 saturated carbocycles. The van der Waals surface area contributed by atoms with Gasteiger partial charge in [0.2, 0.25) is 10.0 Å². The molecule has 6 nitrogen and oxygen atoms in total. The molecule has 2 heterocycles. The number of hydrogen-bond acceptors (Lipinski definition) is 5. The maximum atomic E-state index is 13.2. The van der Waals surface area contributed by atoms with Crippen LogP contribution >= 0.6 is 0 Å². The van der Waals surface area contributed by atoms with Gasteiger partial charge in [0, 0.05) is 38.4 Å². The number of hydrogen-bond donors (Lipinski definition) is 1. The second-order valence-corrected chi connectivity index (χ2v) is 10.2. The summed E-state index contributed by atoms with van der Waals surface area (Å²) in [4.78, 5) is 5.03. The monoisotopic (exact) mass is 453 g/mol. The third-order valence-corrected chi connectivity index (χ3v) is 7.82. The predicted octanol–water partition coefficient (Wildman–Crippen LogP) is 4.05. The van der Waals surface area contributed by atoms with Crippen LogP contribution in [0.3, 0.4) is 0 Å². The Morgan fingerprint density at radius 2 is 1.59 bits per heavy atom. The van der Waals surface area contributed by atoms with Crippen LogP contribution in [0.25, 0.3) is 0 Å². The van der Waals surface area contributed by atoms with Gasteiger partial charge < -0.3 is 9.32 Å². The van der Waals surface area contributed by atoms with E-state index in [0.29, 0.717) is 4.90 Å². The summed E-state index contributed by atoms with van der Waals surface area (Å²) in [6.07, 6.45) is 1.64. The molecular weight excluding hydrogens is 422 g/mol. The summed E-state index contributed by atoms with van der Waals surface area (Å²) in [6, 6.07) is 17.8. The second kappa shape index (κ2) is 9.48. The molecule has 0 aliphatic carbocycles. The smallest absolute Gasteiger partial charge is 0.241 e. The zero-order valence-corrected chi connectivity index (χ0v) is 19.7. The van der Waals surface area contributed by atoms with Crippen molar-refractivity contribution in [1.82, 2.24) is 9.62 Å². The quantitative estimate of drug-likeness (QED) is 0.585. The Kier molecular flexibility index (Phi) is 6.69. The van der Waals surface area contributed by atoms with Gasteiger partial charge in [-0.05, 0) is 56.2 Å². The third kappa shape index (κ3) is 4.90. The van der Waals surface area contributed by atoms with E-state index in [2.05, 4.69) is 38.8 Å². The van der Waals surface area contributed by atoms with E-state index in [1.165, 1.54) is 5.69 Å². The summed E-state index contributed by atoms with van der Waals surface area (Å²) in [5.41, 5.74) is 3.80. The number of benzene rings is 2. The lowest BCUT2D eigenvalue weighted by Gasteiger charge is -2.39. The van der Waals surface area contributed by atoms with Crippen molar-refractivity contribution in [1.29, 1.82) is 0 Å². The van der Waals surface area contributed by atoms with E-state index in [0.717, 1.165) is 48.6 Å². The van der Waals surface area contributed by atoms with Gasteiger partial charge >= 0.3 is 0 Å². The lowest BCUT2D eigenvalue weighted by molar-refractivity contribution is 0.166. The summed E-state index contributed by atoms with van der Waals surface area (Å²) in [6.45, 7) is 9.34. The van der Waals surface area contributed by atoms with E-state index in [-0.39, 0.29) is 12.6 Å². The van der Waals surface area contributed by atoms with Crippen LogP contribution in [-0.2, 0) is 10.0 Å². The van der Waals surface area contributed by atoms with Gasteiger partial charge in [0.15, 0.2) is 0 Å². The van der Waals surface area contributed by atoms with Crippen molar-refractivity contribution < 1.29 is 12.8 Å². The average Bonchev–Trinajstić information content (AvgIpc) is 3.28. The highest BCUT2D eigenvalue weighted by molar-refractivity contribution is 7.89. The molecule has 1 atom stereocenters. The van der Waals surface area contributed by atoms with Gasteiger partial charge in [0.05, 0.1) is 17.2 Å². The van der Waals surface area contributed by atoms with Gasteiger partial charge in [-0.2, -0.15) is 0 Å². The molecule has 1 N–H and O–H groups in total. The van der Waals surface area contributed by atoms with E-state index in [9.17, 15) is 8.42 Å². The molecule has 0 unspecified atom stereocenters. The number of anilines is 1. The summed E-state index contributed by atoms with van der Waals surface area (Å²) in [7, 11) is -3.65. The maximum Gasteiger partial charge on any atom is 0.241 e. The van der Waals surface area contributed by atoms with Crippen molar-refractivity contribution in [3.63, 3.8) is 0 Å². The molecule has 1 aromatic heterocycles. The van der Waals surface area contributed by atoms with Crippen LogP contribution in [0.2, 0.25) is 0 Å². The van der Waals surface area contributed by atoms with Crippen molar-refractivity contribution in [3.05, 3.63) is 83.3 Å². The Morgan fingerprint density at radius 3 is 2.19 bits per heavy atom. The van der Waals surface area contributed by atoms with Crippen LogP contribution in [0.5, 0.6) is 0 Å². The largest absolute Gasteiger partial charge is 0.468 e.